The molecular weight excluding hydrogens is 647 g/mol. The molecule has 2 aromatic heterocycles. The van der Waals surface area contributed by atoms with Crippen LogP contribution in [0.4, 0.5) is 0 Å². The number of rotatable bonds is 6. The second-order valence-electron chi connectivity index (χ2n) is 13.2. The van der Waals surface area contributed by atoms with Crippen LogP contribution in [0.2, 0.25) is 0 Å². The fraction of sp³-hybridized carbons (Fsp3) is 0. The van der Waals surface area contributed by atoms with E-state index in [-0.39, 0.29) is 0 Å². The lowest BCUT2D eigenvalue weighted by atomic mass is 9.95. The second kappa shape index (κ2) is 12.9. The highest BCUT2D eigenvalue weighted by atomic mass is 16.3. The highest BCUT2D eigenvalue weighted by molar-refractivity contribution is 6.17. The second-order valence-corrected chi connectivity index (χ2v) is 13.2. The zero-order valence-corrected chi connectivity index (χ0v) is 28.6. The molecule has 0 N–H and O–H groups in total. The van der Waals surface area contributed by atoms with E-state index in [1.54, 1.807) is 0 Å². The van der Waals surface area contributed by atoms with E-state index in [4.69, 9.17) is 19.4 Å². The van der Waals surface area contributed by atoms with Gasteiger partial charge in [0.15, 0.2) is 17.5 Å². The Labute approximate surface area is 306 Å². The van der Waals surface area contributed by atoms with E-state index in [2.05, 4.69) is 133 Å². The van der Waals surface area contributed by atoms with Gasteiger partial charge >= 0.3 is 0 Å². The van der Waals surface area contributed by atoms with Gasteiger partial charge in [0.05, 0.1) is 0 Å². The summed E-state index contributed by atoms with van der Waals surface area (Å²) in [5.41, 5.74) is 11.2. The summed E-state index contributed by atoms with van der Waals surface area (Å²) in [5, 5.41) is 4.46. The molecule has 0 amide bonds. The lowest BCUT2D eigenvalue weighted by Crippen LogP contribution is -2.00. The predicted octanol–water partition coefficient (Wildman–Crippen LogP) is 12.9. The van der Waals surface area contributed by atoms with Gasteiger partial charge in [0.1, 0.15) is 11.2 Å². The van der Waals surface area contributed by atoms with Gasteiger partial charge in [-0.25, -0.2) is 15.0 Å². The molecule has 0 aliphatic heterocycles. The molecule has 8 aromatic carbocycles. The Morgan fingerprint density at radius 3 is 1.42 bits per heavy atom. The molecule has 0 aliphatic rings. The fourth-order valence-electron chi connectivity index (χ4n) is 7.38. The molecular formula is C49H31N3O. The number of hydrogen-bond donors (Lipinski definition) is 0. The van der Waals surface area contributed by atoms with Crippen LogP contribution in [0, 0.1) is 0 Å². The van der Waals surface area contributed by atoms with E-state index in [9.17, 15) is 0 Å². The molecule has 53 heavy (non-hydrogen) atoms. The lowest BCUT2D eigenvalue weighted by Gasteiger charge is -2.11. The molecule has 248 valence electrons. The first-order valence-corrected chi connectivity index (χ1v) is 17.8. The molecule has 0 radical (unpaired) electrons. The molecule has 10 rings (SSSR count). The third-order valence-corrected chi connectivity index (χ3v) is 9.98. The van der Waals surface area contributed by atoms with Crippen LogP contribution in [0.15, 0.2) is 192 Å². The van der Waals surface area contributed by atoms with Gasteiger partial charge in [-0.2, -0.15) is 0 Å². The Bertz CT molecular complexity index is 2910. The summed E-state index contributed by atoms with van der Waals surface area (Å²) in [6, 6.07) is 65.1. The van der Waals surface area contributed by atoms with E-state index in [0.29, 0.717) is 17.5 Å². The Morgan fingerprint density at radius 2 is 0.717 bits per heavy atom. The molecule has 2 heterocycles. The normalized spacial score (nSPS) is 11.4. The van der Waals surface area contributed by atoms with Gasteiger partial charge < -0.3 is 4.42 Å². The lowest BCUT2D eigenvalue weighted by molar-refractivity contribution is 0.669. The van der Waals surface area contributed by atoms with Crippen molar-refractivity contribution in [3.63, 3.8) is 0 Å². The van der Waals surface area contributed by atoms with E-state index in [0.717, 1.165) is 55.3 Å². The Balaban J connectivity index is 1.13. The summed E-state index contributed by atoms with van der Waals surface area (Å²) in [6.45, 7) is 0. The van der Waals surface area contributed by atoms with Gasteiger partial charge in [0, 0.05) is 27.5 Å². The van der Waals surface area contributed by atoms with Crippen molar-refractivity contribution in [3.05, 3.63) is 188 Å². The molecule has 0 aliphatic carbocycles. The fourth-order valence-corrected chi connectivity index (χ4v) is 7.38. The van der Waals surface area contributed by atoms with Crippen molar-refractivity contribution in [2.45, 2.75) is 0 Å². The number of aromatic nitrogens is 3. The van der Waals surface area contributed by atoms with Crippen molar-refractivity contribution >= 4 is 32.7 Å². The average molecular weight is 678 g/mol. The first kappa shape index (κ1) is 30.6. The van der Waals surface area contributed by atoms with Crippen LogP contribution in [0.25, 0.3) is 100 Å². The van der Waals surface area contributed by atoms with Crippen LogP contribution in [-0.2, 0) is 0 Å². The first-order chi connectivity index (χ1) is 26.3. The molecule has 4 nitrogen and oxygen atoms in total. The third kappa shape index (κ3) is 5.54. The minimum absolute atomic E-state index is 0.592. The van der Waals surface area contributed by atoms with Gasteiger partial charge in [0.25, 0.3) is 0 Å². The van der Waals surface area contributed by atoms with Crippen LogP contribution in [-0.4, -0.2) is 15.0 Å². The smallest absolute Gasteiger partial charge is 0.164 e. The summed E-state index contributed by atoms with van der Waals surface area (Å²) in [5.74, 6) is 1.82. The van der Waals surface area contributed by atoms with Crippen molar-refractivity contribution in [2.75, 3.05) is 0 Å². The standard InChI is InChI=1S/C49H31N3O/c1-3-12-32(13-4-1)33-24-26-36(27-25-33)41-20-10-22-43-45(41)46-42(21-11-23-44(46)53-43)49-51-47(37-15-5-2-6-16-37)50-48(52-49)38-30-28-35(29-31-38)40-19-9-17-34-14-7-8-18-39(34)40/h1-31H. The van der Waals surface area contributed by atoms with Crippen molar-refractivity contribution in [1.29, 1.82) is 0 Å². The summed E-state index contributed by atoms with van der Waals surface area (Å²) < 4.78 is 6.51. The molecule has 0 atom stereocenters. The quantitative estimate of drug-likeness (QED) is 0.176. The number of furan rings is 1. The van der Waals surface area contributed by atoms with Gasteiger partial charge in [-0.05, 0) is 56.3 Å². The number of benzene rings is 8. The highest BCUT2D eigenvalue weighted by Gasteiger charge is 2.20. The van der Waals surface area contributed by atoms with Crippen LogP contribution in [0.5, 0.6) is 0 Å². The topological polar surface area (TPSA) is 51.8 Å². The van der Waals surface area contributed by atoms with Gasteiger partial charge in [-0.1, -0.05) is 176 Å². The van der Waals surface area contributed by atoms with Gasteiger partial charge in [0.2, 0.25) is 0 Å². The third-order valence-electron chi connectivity index (χ3n) is 9.98. The number of hydrogen-bond acceptors (Lipinski definition) is 4. The van der Waals surface area contributed by atoms with Crippen molar-refractivity contribution < 1.29 is 4.42 Å². The van der Waals surface area contributed by atoms with Crippen molar-refractivity contribution in [2.24, 2.45) is 0 Å². The first-order valence-electron chi connectivity index (χ1n) is 17.8. The minimum Gasteiger partial charge on any atom is -0.456 e. The largest absolute Gasteiger partial charge is 0.456 e. The zero-order valence-electron chi connectivity index (χ0n) is 28.6. The van der Waals surface area contributed by atoms with Crippen LogP contribution < -0.4 is 0 Å². The van der Waals surface area contributed by atoms with E-state index in [1.165, 1.54) is 27.5 Å². The molecule has 0 unspecified atom stereocenters. The van der Waals surface area contributed by atoms with Gasteiger partial charge in [-0.15, -0.1) is 0 Å². The molecule has 10 aromatic rings. The maximum absolute atomic E-state index is 6.51. The Kier molecular flexibility index (Phi) is 7.43. The summed E-state index contributed by atoms with van der Waals surface area (Å²) in [6.07, 6.45) is 0. The monoisotopic (exact) mass is 677 g/mol. The minimum atomic E-state index is 0.592. The molecule has 0 saturated carbocycles. The van der Waals surface area contributed by atoms with E-state index >= 15 is 0 Å². The molecule has 0 fully saturated rings. The van der Waals surface area contributed by atoms with Crippen LogP contribution in [0.1, 0.15) is 0 Å². The average Bonchev–Trinajstić information content (AvgIpc) is 3.63. The Hall–Kier alpha value is -7.17. The Morgan fingerprint density at radius 1 is 0.283 bits per heavy atom. The van der Waals surface area contributed by atoms with Crippen molar-refractivity contribution in [1.82, 2.24) is 15.0 Å². The van der Waals surface area contributed by atoms with E-state index in [1.807, 2.05) is 54.6 Å². The SMILES string of the molecule is c1ccc(-c2ccc(-c3cccc4oc5cccc(-c6nc(-c7ccccc7)nc(-c7ccc(-c8cccc9ccccc89)cc7)n6)c5c34)cc2)cc1. The maximum Gasteiger partial charge on any atom is 0.164 e. The van der Waals surface area contributed by atoms with Gasteiger partial charge in [-0.3, -0.25) is 0 Å². The maximum atomic E-state index is 6.51. The summed E-state index contributed by atoms with van der Waals surface area (Å²) in [7, 11) is 0. The highest BCUT2D eigenvalue weighted by Crippen LogP contribution is 2.42. The van der Waals surface area contributed by atoms with Crippen molar-refractivity contribution in [3.8, 4) is 67.5 Å². The van der Waals surface area contributed by atoms with Crippen LogP contribution >= 0.6 is 0 Å². The molecule has 0 bridgehead atoms. The molecule has 0 spiro atoms. The van der Waals surface area contributed by atoms with E-state index < -0.39 is 0 Å². The molecule has 0 saturated heterocycles. The number of fused-ring (bicyclic) bond motifs is 4. The predicted molar refractivity (Wildman–Crippen MR) is 217 cm³/mol. The number of nitrogens with zero attached hydrogens (tertiary/aromatic N) is 3. The molecule has 4 heteroatoms. The zero-order chi connectivity index (χ0) is 35.1. The summed E-state index contributed by atoms with van der Waals surface area (Å²) >= 11 is 0. The summed E-state index contributed by atoms with van der Waals surface area (Å²) in [4.78, 5) is 15.3. The van der Waals surface area contributed by atoms with Crippen LogP contribution in [0.3, 0.4) is 0 Å².